The van der Waals surface area contributed by atoms with Gasteiger partial charge in [0.2, 0.25) is 0 Å². The lowest BCUT2D eigenvalue weighted by molar-refractivity contribution is -0.0385. The van der Waals surface area contributed by atoms with Gasteiger partial charge < -0.3 is 25.7 Å². The van der Waals surface area contributed by atoms with Crippen LogP contribution in [-0.4, -0.2) is 26.5 Å². The number of aliphatic hydroxyl groups excluding tert-OH is 1. The number of benzene rings is 3. The lowest BCUT2D eigenvalue weighted by Crippen LogP contribution is -2.09. The SMILES string of the molecule is NCc1cccc(-c2cc(COc3ccccc3CC(O)O)cc3[nH]cnc23)c1. The first-order chi connectivity index (χ1) is 14.1. The summed E-state index contributed by atoms with van der Waals surface area (Å²) in [7, 11) is 0. The van der Waals surface area contributed by atoms with E-state index in [-0.39, 0.29) is 6.42 Å². The van der Waals surface area contributed by atoms with E-state index in [0.29, 0.717) is 18.9 Å². The minimum atomic E-state index is -1.41. The number of nitrogens with zero attached hydrogens (tertiary/aromatic N) is 1. The maximum absolute atomic E-state index is 9.30. The highest BCUT2D eigenvalue weighted by atomic mass is 16.5. The molecular weight excluding hydrogens is 366 g/mol. The molecule has 0 amide bonds. The first-order valence-electron chi connectivity index (χ1n) is 9.46. The summed E-state index contributed by atoms with van der Waals surface area (Å²) in [5.74, 6) is 0.636. The highest BCUT2D eigenvalue weighted by molar-refractivity contribution is 5.92. The van der Waals surface area contributed by atoms with Gasteiger partial charge in [0.25, 0.3) is 0 Å². The Morgan fingerprint density at radius 3 is 2.69 bits per heavy atom. The average Bonchev–Trinajstić information content (AvgIpc) is 3.21. The quantitative estimate of drug-likeness (QED) is 0.364. The third kappa shape index (κ3) is 4.30. The molecule has 4 rings (SSSR count). The molecule has 0 unspecified atom stereocenters. The van der Waals surface area contributed by atoms with E-state index in [1.807, 2.05) is 48.5 Å². The van der Waals surface area contributed by atoms with Gasteiger partial charge in [0.15, 0.2) is 6.29 Å². The number of ether oxygens (including phenoxy) is 1. The minimum absolute atomic E-state index is 0.118. The predicted molar refractivity (Wildman–Crippen MR) is 112 cm³/mol. The molecule has 0 aliphatic rings. The van der Waals surface area contributed by atoms with Crippen LogP contribution < -0.4 is 10.5 Å². The number of rotatable bonds is 7. The molecule has 5 N–H and O–H groups in total. The largest absolute Gasteiger partial charge is 0.489 e. The topological polar surface area (TPSA) is 104 Å². The molecule has 29 heavy (non-hydrogen) atoms. The first kappa shape index (κ1) is 19.1. The second-order valence-electron chi connectivity index (χ2n) is 6.93. The standard InChI is InChI=1S/C23H23N3O3/c24-12-15-4-3-6-17(8-15)19-9-16(10-20-23(19)26-14-25-20)13-29-21-7-2-1-5-18(21)11-22(27)28/h1-10,14,22,27-28H,11-13,24H2,(H,25,26). The number of hydrogen-bond donors (Lipinski definition) is 4. The molecule has 0 aliphatic carbocycles. The zero-order chi connectivity index (χ0) is 20.2. The average molecular weight is 389 g/mol. The van der Waals surface area contributed by atoms with Gasteiger partial charge in [-0.2, -0.15) is 0 Å². The summed E-state index contributed by atoms with van der Waals surface area (Å²) in [6.45, 7) is 0.824. The Morgan fingerprint density at radius 1 is 1.00 bits per heavy atom. The summed E-state index contributed by atoms with van der Waals surface area (Å²) < 4.78 is 6.01. The summed E-state index contributed by atoms with van der Waals surface area (Å²) in [5, 5.41) is 18.6. The molecule has 148 valence electrons. The molecule has 6 nitrogen and oxygen atoms in total. The summed E-state index contributed by atoms with van der Waals surface area (Å²) in [6.07, 6.45) is 0.388. The third-order valence-corrected chi connectivity index (χ3v) is 4.83. The Balaban J connectivity index is 1.66. The Bertz CT molecular complexity index is 1120. The summed E-state index contributed by atoms with van der Waals surface area (Å²) >= 11 is 0. The van der Waals surface area contributed by atoms with Gasteiger partial charge in [-0.15, -0.1) is 0 Å². The highest BCUT2D eigenvalue weighted by Crippen LogP contribution is 2.30. The second kappa shape index (κ2) is 8.45. The normalized spacial score (nSPS) is 11.3. The number of aromatic amines is 1. The van der Waals surface area contributed by atoms with Crippen LogP contribution in [0, 0.1) is 0 Å². The zero-order valence-corrected chi connectivity index (χ0v) is 15.9. The van der Waals surface area contributed by atoms with E-state index in [9.17, 15) is 10.2 Å². The van der Waals surface area contributed by atoms with E-state index < -0.39 is 6.29 Å². The van der Waals surface area contributed by atoms with Crippen LogP contribution in [0.2, 0.25) is 0 Å². The van der Waals surface area contributed by atoms with Crippen LogP contribution >= 0.6 is 0 Å². The molecule has 3 aromatic carbocycles. The third-order valence-electron chi connectivity index (χ3n) is 4.83. The molecule has 1 aromatic heterocycles. The van der Waals surface area contributed by atoms with Gasteiger partial charge in [-0.05, 0) is 46.5 Å². The van der Waals surface area contributed by atoms with Crippen molar-refractivity contribution in [3.8, 4) is 16.9 Å². The summed E-state index contributed by atoms with van der Waals surface area (Å²) in [6, 6.07) is 19.6. The van der Waals surface area contributed by atoms with Crippen molar-refractivity contribution in [2.24, 2.45) is 5.73 Å². The maximum Gasteiger partial charge on any atom is 0.155 e. The minimum Gasteiger partial charge on any atom is -0.489 e. The van der Waals surface area contributed by atoms with Crippen molar-refractivity contribution in [3.63, 3.8) is 0 Å². The van der Waals surface area contributed by atoms with Crippen molar-refractivity contribution in [1.29, 1.82) is 0 Å². The monoisotopic (exact) mass is 389 g/mol. The predicted octanol–water partition coefficient (Wildman–Crippen LogP) is 3.12. The Morgan fingerprint density at radius 2 is 1.86 bits per heavy atom. The molecule has 0 saturated carbocycles. The lowest BCUT2D eigenvalue weighted by Gasteiger charge is -2.13. The molecule has 0 bridgehead atoms. The fourth-order valence-electron chi connectivity index (χ4n) is 3.45. The number of aliphatic hydroxyl groups is 2. The van der Waals surface area contributed by atoms with E-state index in [1.54, 1.807) is 6.33 Å². The van der Waals surface area contributed by atoms with Crippen molar-refractivity contribution in [2.45, 2.75) is 25.9 Å². The maximum atomic E-state index is 9.30. The van der Waals surface area contributed by atoms with E-state index >= 15 is 0 Å². The van der Waals surface area contributed by atoms with Crippen LogP contribution in [0.3, 0.4) is 0 Å². The van der Waals surface area contributed by atoms with Gasteiger partial charge in [0.1, 0.15) is 12.4 Å². The van der Waals surface area contributed by atoms with Crippen molar-refractivity contribution in [3.05, 3.63) is 83.7 Å². The number of aromatic nitrogens is 2. The van der Waals surface area contributed by atoms with Crippen LogP contribution in [-0.2, 0) is 19.6 Å². The Labute approximate surface area is 168 Å². The van der Waals surface area contributed by atoms with Gasteiger partial charge in [-0.25, -0.2) is 4.98 Å². The number of nitrogens with two attached hydrogens (primary N) is 1. The van der Waals surface area contributed by atoms with Crippen LogP contribution in [0.5, 0.6) is 5.75 Å². The fourth-order valence-corrected chi connectivity index (χ4v) is 3.45. The summed E-state index contributed by atoms with van der Waals surface area (Å²) in [4.78, 5) is 7.65. The van der Waals surface area contributed by atoms with Crippen LogP contribution in [0.25, 0.3) is 22.2 Å². The van der Waals surface area contributed by atoms with Crippen LogP contribution in [0.1, 0.15) is 16.7 Å². The van der Waals surface area contributed by atoms with Gasteiger partial charge in [-0.3, -0.25) is 0 Å². The van der Waals surface area contributed by atoms with E-state index in [1.165, 1.54) is 0 Å². The van der Waals surface area contributed by atoms with Crippen LogP contribution in [0.15, 0.2) is 67.0 Å². The molecule has 0 atom stereocenters. The van der Waals surface area contributed by atoms with Crippen LogP contribution in [0.4, 0.5) is 0 Å². The number of para-hydroxylation sites is 1. The van der Waals surface area contributed by atoms with Crippen molar-refractivity contribution in [1.82, 2.24) is 9.97 Å². The molecule has 0 spiro atoms. The van der Waals surface area contributed by atoms with Gasteiger partial charge in [0.05, 0.1) is 17.4 Å². The number of nitrogens with one attached hydrogen (secondary N) is 1. The van der Waals surface area contributed by atoms with Crippen molar-refractivity contribution < 1.29 is 14.9 Å². The number of imidazole rings is 1. The highest BCUT2D eigenvalue weighted by Gasteiger charge is 2.12. The Hall–Kier alpha value is -3.19. The molecule has 0 saturated heterocycles. The lowest BCUT2D eigenvalue weighted by atomic mass is 9.99. The van der Waals surface area contributed by atoms with E-state index in [0.717, 1.165) is 38.9 Å². The number of H-pyrrole nitrogens is 1. The van der Waals surface area contributed by atoms with Gasteiger partial charge >= 0.3 is 0 Å². The van der Waals surface area contributed by atoms with Crippen molar-refractivity contribution in [2.75, 3.05) is 0 Å². The van der Waals surface area contributed by atoms with Crippen molar-refractivity contribution >= 4 is 11.0 Å². The fraction of sp³-hybridized carbons (Fsp3) is 0.174. The molecule has 1 heterocycles. The molecular formula is C23H23N3O3. The molecule has 0 fully saturated rings. The van der Waals surface area contributed by atoms with E-state index in [4.69, 9.17) is 10.5 Å². The zero-order valence-electron chi connectivity index (χ0n) is 15.9. The number of fused-ring (bicyclic) bond motifs is 1. The first-order valence-corrected chi connectivity index (χ1v) is 9.46. The molecule has 0 aliphatic heterocycles. The molecule has 4 aromatic rings. The molecule has 6 heteroatoms. The smallest absolute Gasteiger partial charge is 0.155 e. The Kier molecular flexibility index (Phi) is 5.57. The van der Waals surface area contributed by atoms with Gasteiger partial charge in [-0.1, -0.05) is 36.4 Å². The number of hydrogen-bond acceptors (Lipinski definition) is 5. The van der Waals surface area contributed by atoms with Gasteiger partial charge in [0, 0.05) is 18.5 Å². The summed E-state index contributed by atoms with van der Waals surface area (Å²) in [5.41, 5.74) is 12.5. The second-order valence-corrected chi connectivity index (χ2v) is 6.93. The van der Waals surface area contributed by atoms with E-state index in [2.05, 4.69) is 22.1 Å². The molecule has 0 radical (unpaired) electrons.